The molecule has 1 amide bonds. The summed E-state index contributed by atoms with van der Waals surface area (Å²) in [4.78, 5) is 22.0. The Morgan fingerprint density at radius 2 is 2.36 bits per heavy atom. The van der Waals surface area contributed by atoms with Gasteiger partial charge in [0, 0.05) is 18.5 Å². The van der Waals surface area contributed by atoms with Crippen LogP contribution in [0, 0.1) is 0 Å². The quantitative estimate of drug-likeness (QED) is 0.940. The second kappa shape index (κ2) is 6.44. The molecule has 0 radical (unpaired) electrons. The Kier molecular flexibility index (Phi) is 4.38. The molecule has 1 N–H and O–H groups in total. The van der Waals surface area contributed by atoms with Gasteiger partial charge in [-0.25, -0.2) is 4.98 Å². The largest absolute Gasteiger partial charge is 0.497 e. The van der Waals surface area contributed by atoms with Crippen LogP contribution in [0.15, 0.2) is 24.3 Å². The molecule has 0 atom stereocenters. The zero-order chi connectivity index (χ0) is 15.5. The molecule has 0 unspecified atom stereocenters. The lowest BCUT2D eigenvalue weighted by molar-refractivity contribution is -0.129. The highest BCUT2D eigenvalue weighted by atomic mass is 32.2. The number of nitrogens with zero attached hydrogens (tertiary/aromatic N) is 2. The number of ether oxygens (including phenoxy) is 1. The van der Waals surface area contributed by atoms with E-state index in [1.54, 1.807) is 18.9 Å². The van der Waals surface area contributed by atoms with Crippen molar-refractivity contribution >= 4 is 17.7 Å². The fraction of sp³-hybridized carbons (Fsp3) is 0.375. The van der Waals surface area contributed by atoms with Crippen molar-refractivity contribution in [3.05, 3.63) is 35.7 Å². The molecule has 0 aliphatic carbocycles. The van der Waals surface area contributed by atoms with Crippen molar-refractivity contribution in [3.63, 3.8) is 0 Å². The van der Waals surface area contributed by atoms with Gasteiger partial charge < -0.3 is 14.6 Å². The molecular formula is C16H19N3O2S. The number of H-pyrrole nitrogens is 1. The van der Waals surface area contributed by atoms with E-state index in [2.05, 4.69) is 9.97 Å². The van der Waals surface area contributed by atoms with E-state index in [0.29, 0.717) is 12.3 Å². The van der Waals surface area contributed by atoms with E-state index in [1.165, 1.54) is 0 Å². The molecule has 0 spiro atoms. The summed E-state index contributed by atoms with van der Waals surface area (Å²) in [5.41, 5.74) is 3.10. The van der Waals surface area contributed by atoms with Crippen LogP contribution < -0.4 is 4.74 Å². The number of benzene rings is 1. The summed E-state index contributed by atoms with van der Waals surface area (Å²) in [7, 11) is 1.65. The molecule has 0 saturated carbocycles. The van der Waals surface area contributed by atoms with Crippen LogP contribution in [0.3, 0.4) is 0 Å². The van der Waals surface area contributed by atoms with Crippen LogP contribution in [-0.4, -0.2) is 46.4 Å². The minimum Gasteiger partial charge on any atom is -0.497 e. The third kappa shape index (κ3) is 2.97. The number of amides is 1. The highest BCUT2D eigenvalue weighted by molar-refractivity contribution is 7.99. The lowest BCUT2D eigenvalue weighted by Gasteiger charge is -2.25. The van der Waals surface area contributed by atoms with Gasteiger partial charge in [0.1, 0.15) is 11.6 Å². The van der Waals surface area contributed by atoms with E-state index in [1.807, 2.05) is 35.4 Å². The SMILES string of the molecule is COc1cccc(-c2nc3c([nH]2)CN(C(=O)CSC)CC3)c1. The Bertz CT molecular complexity index is 684. The van der Waals surface area contributed by atoms with Crippen molar-refractivity contribution in [1.29, 1.82) is 0 Å². The first kappa shape index (κ1) is 15.0. The van der Waals surface area contributed by atoms with Gasteiger partial charge in [-0.1, -0.05) is 12.1 Å². The van der Waals surface area contributed by atoms with Crippen molar-refractivity contribution in [2.75, 3.05) is 25.7 Å². The smallest absolute Gasteiger partial charge is 0.232 e. The number of thioether (sulfide) groups is 1. The van der Waals surface area contributed by atoms with Gasteiger partial charge >= 0.3 is 0 Å². The molecular weight excluding hydrogens is 298 g/mol. The summed E-state index contributed by atoms with van der Waals surface area (Å²) in [5.74, 6) is 2.37. The van der Waals surface area contributed by atoms with Crippen LogP contribution >= 0.6 is 11.8 Å². The van der Waals surface area contributed by atoms with Gasteiger partial charge in [-0.3, -0.25) is 4.79 Å². The summed E-state index contributed by atoms with van der Waals surface area (Å²) in [6, 6.07) is 7.82. The molecule has 0 fully saturated rings. The number of methoxy groups -OCH3 is 1. The second-order valence-electron chi connectivity index (χ2n) is 5.24. The van der Waals surface area contributed by atoms with Crippen molar-refractivity contribution in [2.45, 2.75) is 13.0 Å². The highest BCUT2D eigenvalue weighted by Gasteiger charge is 2.23. The predicted molar refractivity (Wildman–Crippen MR) is 88.1 cm³/mol. The lowest BCUT2D eigenvalue weighted by atomic mass is 10.1. The van der Waals surface area contributed by atoms with Crippen molar-refractivity contribution < 1.29 is 9.53 Å². The fourth-order valence-corrected chi connectivity index (χ4v) is 3.06. The average Bonchev–Trinajstić information content (AvgIpc) is 2.98. The molecule has 116 valence electrons. The predicted octanol–water partition coefficient (Wildman–Crippen LogP) is 2.33. The van der Waals surface area contributed by atoms with E-state index < -0.39 is 0 Å². The van der Waals surface area contributed by atoms with E-state index in [4.69, 9.17) is 4.74 Å². The number of hydrogen-bond acceptors (Lipinski definition) is 4. The van der Waals surface area contributed by atoms with Crippen molar-refractivity contribution in [2.24, 2.45) is 0 Å². The maximum Gasteiger partial charge on any atom is 0.232 e. The summed E-state index contributed by atoms with van der Waals surface area (Å²) in [5, 5.41) is 0. The van der Waals surface area contributed by atoms with E-state index in [9.17, 15) is 4.79 Å². The first-order valence-corrected chi connectivity index (χ1v) is 8.59. The maximum absolute atomic E-state index is 12.0. The Morgan fingerprint density at radius 1 is 1.50 bits per heavy atom. The molecule has 5 nitrogen and oxygen atoms in total. The van der Waals surface area contributed by atoms with Gasteiger partial charge in [0.25, 0.3) is 0 Å². The van der Waals surface area contributed by atoms with Crippen LogP contribution in [0.4, 0.5) is 0 Å². The zero-order valence-corrected chi connectivity index (χ0v) is 13.6. The first-order valence-electron chi connectivity index (χ1n) is 7.20. The number of hydrogen-bond donors (Lipinski definition) is 1. The molecule has 6 heteroatoms. The zero-order valence-electron chi connectivity index (χ0n) is 12.8. The Balaban J connectivity index is 1.82. The van der Waals surface area contributed by atoms with Gasteiger partial charge in [0.05, 0.1) is 30.8 Å². The monoisotopic (exact) mass is 317 g/mol. The number of imidazole rings is 1. The van der Waals surface area contributed by atoms with Crippen LogP contribution in [0.1, 0.15) is 11.4 Å². The number of fused-ring (bicyclic) bond motifs is 1. The number of aromatic amines is 1. The molecule has 1 aliphatic heterocycles. The standard InChI is InChI=1S/C16H19N3O2S/c1-21-12-5-3-4-11(8-12)16-17-13-6-7-19(9-14(13)18-16)15(20)10-22-2/h3-5,8H,6-7,9-10H2,1-2H3,(H,17,18). The topological polar surface area (TPSA) is 58.2 Å². The summed E-state index contributed by atoms with van der Waals surface area (Å²) in [6.07, 6.45) is 2.75. The lowest BCUT2D eigenvalue weighted by Crippen LogP contribution is -2.37. The minimum absolute atomic E-state index is 0.190. The van der Waals surface area contributed by atoms with Gasteiger partial charge in [-0.2, -0.15) is 11.8 Å². The fourth-order valence-electron chi connectivity index (χ4n) is 2.63. The maximum atomic E-state index is 12.0. The third-order valence-electron chi connectivity index (χ3n) is 3.80. The summed E-state index contributed by atoms with van der Waals surface area (Å²) in [6.45, 7) is 1.36. The Hall–Kier alpha value is -1.95. The summed E-state index contributed by atoms with van der Waals surface area (Å²) >= 11 is 1.56. The van der Waals surface area contributed by atoms with Crippen molar-refractivity contribution in [3.8, 4) is 17.1 Å². The van der Waals surface area contributed by atoms with Gasteiger partial charge in [0.2, 0.25) is 5.91 Å². The number of rotatable bonds is 4. The molecule has 0 bridgehead atoms. The van der Waals surface area contributed by atoms with E-state index in [-0.39, 0.29) is 5.91 Å². The normalized spacial score (nSPS) is 13.8. The second-order valence-corrected chi connectivity index (χ2v) is 6.11. The van der Waals surface area contributed by atoms with E-state index >= 15 is 0 Å². The molecule has 2 aromatic rings. The molecule has 1 aromatic heterocycles. The number of carbonyl (C=O) groups is 1. The number of nitrogens with one attached hydrogen (secondary N) is 1. The summed E-state index contributed by atoms with van der Waals surface area (Å²) < 4.78 is 5.26. The van der Waals surface area contributed by atoms with Gasteiger partial charge in [0.15, 0.2) is 0 Å². The molecule has 3 rings (SSSR count). The number of aromatic nitrogens is 2. The van der Waals surface area contributed by atoms with Crippen LogP contribution in [0.2, 0.25) is 0 Å². The molecule has 2 heterocycles. The third-order valence-corrected chi connectivity index (χ3v) is 4.33. The van der Waals surface area contributed by atoms with Gasteiger partial charge in [-0.15, -0.1) is 0 Å². The van der Waals surface area contributed by atoms with Crippen LogP contribution in [0.25, 0.3) is 11.4 Å². The minimum atomic E-state index is 0.190. The molecule has 1 aliphatic rings. The molecule has 22 heavy (non-hydrogen) atoms. The number of carbonyl (C=O) groups excluding carboxylic acids is 1. The van der Waals surface area contributed by atoms with E-state index in [0.717, 1.165) is 41.5 Å². The Morgan fingerprint density at radius 3 is 3.14 bits per heavy atom. The van der Waals surface area contributed by atoms with Crippen molar-refractivity contribution in [1.82, 2.24) is 14.9 Å². The van der Waals surface area contributed by atoms with Gasteiger partial charge in [-0.05, 0) is 18.4 Å². The molecule has 1 aromatic carbocycles. The average molecular weight is 317 g/mol. The van der Waals surface area contributed by atoms with Crippen LogP contribution in [-0.2, 0) is 17.8 Å². The Labute approximate surface area is 134 Å². The first-order chi connectivity index (χ1) is 10.7. The van der Waals surface area contributed by atoms with Crippen LogP contribution in [0.5, 0.6) is 5.75 Å². The highest BCUT2D eigenvalue weighted by Crippen LogP contribution is 2.25. The molecule has 0 saturated heterocycles.